The van der Waals surface area contributed by atoms with Crippen molar-refractivity contribution in [2.24, 2.45) is 11.8 Å². The van der Waals surface area contributed by atoms with Gasteiger partial charge in [0, 0.05) is 19.7 Å². The lowest BCUT2D eigenvalue weighted by atomic mass is 10.1. The van der Waals surface area contributed by atoms with Gasteiger partial charge in [0.2, 0.25) is 5.82 Å². The second-order valence-electron chi connectivity index (χ2n) is 4.91. The van der Waals surface area contributed by atoms with Crippen molar-refractivity contribution in [3.63, 3.8) is 0 Å². The molecule has 0 saturated heterocycles. The van der Waals surface area contributed by atoms with Crippen LogP contribution in [0.2, 0.25) is 0 Å². The van der Waals surface area contributed by atoms with E-state index in [0.29, 0.717) is 18.4 Å². The highest BCUT2D eigenvalue weighted by Gasteiger charge is 2.35. The molecular weight excluding hydrogens is 257 g/mol. The van der Waals surface area contributed by atoms with E-state index < -0.39 is 12.0 Å². The minimum atomic E-state index is -4.54. The van der Waals surface area contributed by atoms with Crippen LogP contribution in [0, 0.1) is 11.8 Å². The first-order chi connectivity index (χ1) is 8.90. The summed E-state index contributed by atoms with van der Waals surface area (Å²) in [5, 5.41) is 5.57. The number of rotatable bonds is 5. The Morgan fingerprint density at radius 3 is 2.47 bits per heavy atom. The molecule has 1 fully saturated rings. The van der Waals surface area contributed by atoms with Crippen LogP contribution in [-0.2, 0) is 6.18 Å². The number of hydrogen-bond acceptors (Lipinski definition) is 4. The number of hydrogen-bond donors (Lipinski definition) is 2. The van der Waals surface area contributed by atoms with E-state index >= 15 is 0 Å². The van der Waals surface area contributed by atoms with E-state index in [0.717, 1.165) is 0 Å². The molecule has 7 heteroatoms. The second-order valence-corrected chi connectivity index (χ2v) is 4.91. The van der Waals surface area contributed by atoms with Gasteiger partial charge in [0.05, 0.1) is 0 Å². The fourth-order valence-corrected chi connectivity index (χ4v) is 1.89. The molecule has 1 saturated carbocycles. The zero-order valence-corrected chi connectivity index (χ0v) is 10.9. The van der Waals surface area contributed by atoms with Gasteiger partial charge in [-0.25, -0.2) is 9.97 Å². The normalized spacial score (nSPS) is 17.1. The lowest BCUT2D eigenvalue weighted by Gasteiger charge is -2.14. The van der Waals surface area contributed by atoms with Crippen LogP contribution in [0.5, 0.6) is 0 Å². The quantitative estimate of drug-likeness (QED) is 0.866. The van der Waals surface area contributed by atoms with E-state index in [1.165, 1.54) is 26.0 Å². The van der Waals surface area contributed by atoms with Crippen LogP contribution < -0.4 is 10.6 Å². The molecule has 4 nitrogen and oxygen atoms in total. The Morgan fingerprint density at radius 2 is 1.95 bits per heavy atom. The number of nitrogens with one attached hydrogen (secondary N) is 2. The highest BCUT2D eigenvalue weighted by Crippen LogP contribution is 2.36. The van der Waals surface area contributed by atoms with Crippen LogP contribution in [0.4, 0.5) is 24.8 Å². The van der Waals surface area contributed by atoms with Gasteiger partial charge in [-0.1, -0.05) is 6.92 Å². The van der Waals surface area contributed by atoms with Gasteiger partial charge < -0.3 is 10.6 Å². The van der Waals surface area contributed by atoms with Crippen LogP contribution in [-0.4, -0.2) is 23.6 Å². The Labute approximate surface area is 109 Å². The van der Waals surface area contributed by atoms with Gasteiger partial charge in [0.15, 0.2) is 0 Å². The number of halogens is 3. The van der Waals surface area contributed by atoms with Crippen LogP contribution in [0.3, 0.4) is 0 Å². The van der Waals surface area contributed by atoms with Crippen LogP contribution >= 0.6 is 0 Å². The van der Waals surface area contributed by atoms with Crippen molar-refractivity contribution in [2.75, 3.05) is 24.2 Å². The molecular formula is C12H17F3N4. The summed E-state index contributed by atoms with van der Waals surface area (Å²) < 4.78 is 37.9. The Hall–Kier alpha value is -1.53. The summed E-state index contributed by atoms with van der Waals surface area (Å²) in [6, 6.07) is 1.48. The van der Waals surface area contributed by atoms with E-state index in [-0.39, 0.29) is 11.6 Å². The Morgan fingerprint density at radius 1 is 1.32 bits per heavy atom. The highest BCUT2D eigenvalue weighted by molar-refractivity contribution is 5.47. The van der Waals surface area contributed by atoms with Crippen molar-refractivity contribution in [1.82, 2.24) is 9.97 Å². The molecule has 1 aliphatic carbocycles. The summed E-state index contributed by atoms with van der Waals surface area (Å²) in [4.78, 5) is 6.93. The molecule has 0 radical (unpaired) electrons. The van der Waals surface area contributed by atoms with Crippen molar-refractivity contribution in [3.05, 3.63) is 11.9 Å². The monoisotopic (exact) mass is 274 g/mol. The van der Waals surface area contributed by atoms with E-state index in [4.69, 9.17) is 0 Å². The van der Waals surface area contributed by atoms with Gasteiger partial charge in [-0.2, -0.15) is 13.2 Å². The Kier molecular flexibility index (Phi) is 3.82. The van der Waals surface area contributed by atoms with Gasteiger partial charge in [0.25, 0.3) is 0 Å². The molecule has 0 aliphatic heterocycles. The SMILES string of the molecule is CNc1cc(NCC(C)C2CC2)nc(C(F)(F)F)n1. The molecule has 0 amide bonds. The van der Waals surface area contributed by atoms with Crippen LogP contribution in [0.25, 0.3) is 0 Å². The molecule has 1 aliphatic rings. The number of anilines is 2. The summed E-state index contributed by atoms with van der Waals surface area (Å²) in [6.45, 7) is 2.72. The largest absolute Gasteiger partial charge is 0.451 e. The summed E-state index contributed by atoms with van der Waals surface area (Å²) in [5.74, 6) is 0.381. The molecule has 0 aromatic carbocycles. The minimum absolute atomic E-state index is 0.156. The van der Waals surface area contributed by atoms with Gasteiger partial charge in [-0.05, 0) is 24.7 Å². The van der Waals surface area contributed by atoms with Gasteiger partial charge in [-0.15, -0.1) is 0 Å². The molecule has 1 heterocycles. The fraction of sp³-hybridized carbons (Fsp3) is 0.667. The number of nitrogens with zero attached hydrogens (tertiary/aromatic N) is 2. The van der Waals surface area contributed by atoms with Crippen LogP contribution in [0.1, 0.15) is 25.6 Å². The third-order valence-corrected chi connectivity index (χ3v) is 3.27. The average Bonchev–Trinajstić information content (AvgIpc) is 3.18. The predicted molar refractivity (Wildman–Crippen MR) is 67.0 cm³/mol. The standard InChI is InChI=1S/C12H17F3N4/c1-7(8-3-4-8)6-17-10-5-9(16-2)18-11(19-10)12(13,14)15/h5,7-8H,3-4,6H2,1-2H3,(H2,16,17,18,19). The summed E-state index contributed by atoms with van der Waals surface area (Å²) in [6.07, 6.45) is -2.12. The van der Waals surface area contributed by atoms with Crippen molar-refractivity contribution in [1.29, 1.82) is 0 Å². The predicted octanol–water partition coefficient (Wildman–Crippen LogP) is 3.00. The first kappa shape index (κ1) is 13.9. The van der Waals surface area contributed by atoms with Crippen molar-refractivity contribution < 1.29 is 13.2 Å². The molecule has 2 N–H and O–H groups in total. The van der Waals surface area contributed by atoms with E-state index in [1.54, 1.807) is 0 Å². The maximum atomic E-state index is 12.6. The Balaban J connectivity index is 2.09. The molecule has 0 bridgehead atoms. The van der Waals surface area contributed by atoms with Gasteiger partial charge in [-0.3, -0.25) is 0 Å². The third-order valence-electron chi connectivity index (χ3n) is 3.27. The van der Waals surface area contributed by atoms with E-state index in [2.05, 4.69) is 27.5 Å². The summed E-state index contributed by atoms with van der Waals surface area (Å²) in [7, 11) is 1.53. The molecule has 0 spiro atoms. The van der Waals surface area contributed by atoms with E-state index in [1.807, 2.05) is 0 Å². The highest BCUT2D eigenvalue weighted by atomic mass is 19.4. The zero-order chi connectivity index (χ0) is 14.0. The summed E-state index contributed by atoms with van der Waals surface area (Å²) >= 11 is 0. The smallest absolute Gasteiger partial charge is 0.373 e. The van der Waals surface area contributed by atoms with Crippen LogP contribution in [0.15, 0.2) is 6.07 Å². The zero-order valence-electron chi connectivity index (χ0n) is 10.9. The maximum Gasteiger partial charge on any atom is 0.451 e. The van der Waals surface area contributed by atoms with E-state index in [9.17, 15) is 13.2 Å². The molecule has 106 valence electrons. The first-order valence-corrected chi connectivity index (χ1v) is 6.28. The molecule has 1 aromatic rings. The molecule has 1 atom stereocenters. The van der Waals surface area contributed by atoms with Crippen molar-refractivity contribution in [3.8, 4) is 0 Å². The van der Waals surface area contributed by atoms with Crippen molar-refractivity contribution in [2.45, 2.75) is 25.9 Å². The van der Waals surface area contributed by atoms with Gasteiger partial charge in [0.1, 0.15) is 11.6 Å². The molecule has 2 rings (SSSR count). The molecule has 1 aromatic heterocycles. The second kappa shape index (κ2) is 5.22. The number of aromatic nitrogens is 2. The number of alkyl halides is 3. The maximum absolute atomic E-state index is 12.6. The topological polar surface area (TPSA) is 49.8 Å². The minimum Gasteiger partial charge on any atom is -0.373 e. The molecule has 19 heavy (non-hydrogen) atoms. The fourth-order valence-electron chi connectivity index (χ4n) is 1.89. The summed E-state index contributed by atoms with van der Waals surface area (Å²) in [5.41, 5.74) is 0. The average molecular weight is 274 g/mol. The first-order valence-electron chi connectivity index (χ1n) is 6.28. The lowest BCUT2D eigenvalue weighted by molar-refractivity contribution is -0.144. The third kappa shape index (κ3) is 3.71. The van der Waals surface area contributed by atoms with Crippen molar-refractivity contribution >= 4 is 11.6 Å². The Bertz CT molecular complexity index is 443. The van der Waals surface area contributed by atoms with Gasteiger partial charge >= 0.3 is 6.18 Å². The molecule has 1 unspecified atom stereocenters. The lowest BCUT2D eigenvalue weighted by Crippen LogP contribution is -2.17.